The van der Waals surface area contributed by atoms with E-state index in [0.717, 1.165) is 11.1 Å². The molecule has 0 amide bonds. The normalized spacial score (nSPS) is 10.2. The molecule has 22 heavy (non-hydrogen) atoms. The van der Waals surface area contributed by atoms with Gasteiger partial charge >= 0.3 is 5.97 Å². The van der Waals surface area contributed by atoms with Gasteiger partial charge in [-0.3, -0.25) is 0 Å². The van der Waals surface area contributed by atoms with Crippen LogP contribution in [-0.2, 0) is 0 Å². The molecule has 3 aromatic carbocycles. The van der Waals surface area contributed by atoms with Gasteiger partial charge in [-0.2, -0.15) is 0 Å². The molecule has 0 heterocycles. The van der Waals surface area contributed by atoms with Crippen molar-refractivity contribution < 1.29 is 14.6 Å². The third-order valence-corrected chi connectivity index (χ3v) is 3.29. The lowest BCUT2D eigenvalue weighted by Gasteiger charge is -2.07. The van der Waals surface area contributed by atoms with Gasteiger partial charge in [0.2, 0.25) is 0 Å². The Hall–Kier alpha value is -3.07. The largest absolute Gasteiger partial charge is 0.507 e. The molecule has 0 atom stereocenters. The van der Waals surface area contributed by atoms with Crippen LogP contribution in [0.4, 0.5) is 0 Å². The van der Waals surface area contributed by atoms with Crippen LogP contribution in [0.3, 0.4) is 0 Å². The molecule has 3 heteroatoms. The summed E-state index contributed by atoms with van der Waals surface area (Å²) >= 11 is 0. The van der Waals surface area contributed by atoms with E-state index in [1.54, 1.807) is 48.5 Å². The van der Waals surface area contributed by atoms with Crippen LogP contribution in [0, 0.1) is 0 Å². The van der Waals surface area contributed by atoms with Gasteiger partial charge in [-0.1, -0.05) is 48.5 Å². The first-order valence-electron chi connectivity index (χ1n) is 6.90. The van der Waals surface area contributed by atoms with E-state index < -0.39 is 5.97 Å². The second-order valence-corrected chi connectivity index (χ2v) is 4.80. The van der Waals surface area contributed by atoms with Crippen LogP contribution in [0.2, 0.25) is 0 Å². The Kier molecular flexibility index (Phi) is 3.88. The van der Waals surface area contributed by atoms with Crippen molar-refractivity contribution in [1.29, 1.82) is 0 Å². The smallest absolute Gasteiger partial charge is 0.343 e. The van der Waals surface area contributed by atoms with Crippen molar-refractivity contribution in [2.75, 3.05) is 0 Å². The fourth-order valence-corrected chi connectivity index (χ4v) is 2.16. The van der Waals surface area contributed by atoms with Crippen LogP contribution in [0.5, 0.6) is 11.5 Å². The molecule has 0 fully saturated rings. The van der Waals surface area contributed by atoms with Gasteiger partial charge in [0, 0.05) is 5.56 Å². The molecule has 3 aromatic rings. The van der Waals surface area contributed by atoms with Crippen LogP contribution in [0.15, 0.2) is 78.9 Å². The molecule has 0 aliphatic rings. The summed E-state index contributed by atoms with van der Waals surface area (Å²) in [4.78, 5) is 12.1. The molecule has 0 bridgehead atoms. The molecule has 0 aliphatic heterocycles. The van der Waals surface area contributed by atoms with Crippen molar-refractivity contribution in [2.24, 2.45) is 0 Å². The number of ether oxygens (including phenoxy) is 1. The molecular formula is C19H14O3. The van der Waals surface area contributed by atoms with Crippen molar-refractivity contribution >= 4 is 5.97 Å². The molecule has 3 rings (SSSR count). The predicted octanol–water partition coefficient (Wildman–Crippen LogP) is 4.28. The average Bonchev–Trinajstić information content (AvgIpc) is 2.56. The quantitative estimate of drug-likeness (QED) is 0.578. The molecule has 0 aliphatic carbocycles. The molecule has 108 valence electrons. The van der Waals surface area contributed by atoms with Crippen LogP contribution >= 0.6 is 0 Å². The van der Waals surface area contributed by atoms with E-state index in [1.807, 2.05) is 30.3 Å². The zero-order valence-electron chi connectivity index (χ0n) is 11.8. The predicted molar refractivity (Wildman–Crippen MR) is 84.9 cm³/mol. The van der Waals surface area contributed by atoms with Crippen molar-refractivity contribution in [3.05, 3.63) is 84.4 Å². The Morgan fingerprint density at radius 3 is 2.09 bits per heavy atom. The number of hydrogen-bond donors (Lipinski definition) is 1. The van der Waals surface area contributed by atoms with Crippen molar-refractivity contribution in [1.82, 2.24) is 0 Å². The third-order valence-electron chi connectivity index (χ3n) is 3.29. The van der Waals surface area contributed by atoms with Gasteiger partial charge in [0.1, 0.15) is 11.5 Å². The van der Waals surface area contributed by atoms with Gasteiger partial charge in [-0.05, 0) is 35.9 Å². The molecule has 0 saturated heterocycles. The molecule has 1 N–H and O–H groups in total. The van der Waals surface area contributed by atoms with Crippen LogP contribution in [0.1, 0.15) is 10.4 Å². The van der Waals surface area contributed by atoms with Crippen molar-refractivity contribution in [3.63, 3.8) is 0 Å². The standard InChI is InChI=1S/C19H14O3/c20-18-9-5-4-8-17(18)14-10-12-15(13-11-14)19(21)22-16-6-2-1-3-7-16/h1-13,20H. The summed E-state index contributed by atoms with van der Waals surface area (Å²) in [7, 11) is 0. The number of phenols is 1. The summed E-state index contributed by atoms with van der Waals surface area (Å²) in [6.07, 6.45) is 0. The number of aromatic hydroxyl groups is 1. The Balaban J connectivity index is 1.80. The molecule has 0 aromatic heterocycles. The highest BCUT2D eigenvalue weighted by atomic mass is 16.5. The van der Waals surface area contributed by atoms with Gasteiger partial charge < -0.3 is 9.84 Å². The van der Waals surface area contributed by atoms with E-state index in [2.05, 4.69) is 0 Å². The number of benzene rings is 3. The Morgan fingerprint density at radius 2 is 1.41 bits per heavy atom. The maximum atomic E-state index is 12.1. The fraction of sp³-hybridized carbons (Fsp3) is 0. The van der Waals surface area contributed by atoms with E-state index in [-0.39, 0.29) is 5.75 Å². The summed E-state index contributed by atoms with van der Waals surface area (Å²) in [6, 6.07) is 23.0. The van der Waals surface area contributed by atoms with Crippen LogP contribution in [-0.4, -0.2) is 11.1 Å². The van der Waals surface area contributed by atoms with Gasteiger partial charge in [0.05, 0.1) is 5.56 Å². The molecule has 3 nitrogen and oxygen atoms in total. The highest BCUT2D eigenvalue weighted by Gasteiger charge is 2.09. The zero-order chi connectivity index (χ0) is 15.4. The second kappa shape index (κ2) is 6.14. The fourth-order valence-electron chi connectivity index (χ4n) is 2.16. The van der Waals surface area contributed by atoms with E-state index in [4.69, 9.17) is 4.74 Å². The maximum absolute atomic E-state index is 12.1. The topological polar surface area (TPSA) is 46.5 Å². The van der Waals surface area contributed by atoms with Crippen molar-refractivity contribution in [3.8, 4) is 22.6 Å². The minimum Gasteiger partial charge on any atom is -0.507 e. The maximum Gasteiger partial charge on any atom is 0.343 e. The lowest BCUT2D eigenvalue weighted by molar-refractivity contribution is 0.0735. The third kappa shape index (κ3) is 2.99. The first kappa shape index (κ1) is 13.9. The van der Waals surface area contributed by atoms with Gasteiger partial charge in [-0.15, -0.1) is 0 Å². The SMILES string of the molecule is O=C(Oc1ccccc1)c1ccc(-c2ccccc2O)cc1. The van der Waals surface area contributed by atoms with E-state index >= 15 is 0 Å². The number of carbonyl (C=O) groups is 1. The Morgan fingerprint density at radius 1 is 0.773 bits per heavy atom. The highest BCUT2D eigenvalue weighted by molar-refractivity contribution is 5.91. The molecular weight excluding hydrogens is 276 g/mol. The van der Waals surface area contributed by atoms with Gasteiger partial charge in [-0.25, -0.2) is 4.79 Å². The molecule has 0 radical (unpaired) electrons. The lowest BCUT2D eigenvalue weighted by Crippen LogP contribution is -2.08. The zero-order valence-corrected chi connectivity index (χ0v) is 11.8. The molecule has 0 saturated carbocycles. The number of carbonyl (C=O) groups excluding carboxylic acids is 1. The number of esters is 1. The first-order chi connectivity index (χ1) is 10.7. The van der Waals surface area contributed by atoms with Gasteiger partial charge in [0.15, 0.2) is 0 Å². The van der Waals surface area contributed by atoms with Crippen molar-refractivity contribution in [2.45, 2.75) is 0 Å². The monoisotopic (exact) mass is 290 g/mol. The minimum absolute atomic E-state index is 0.210. The Bertz CT molecular complexity index is 777. The number of rotatable bonds is 3. The molecule has 0 spiro atoms. The van der Waals surface area contributed by atoms with Crippen LogP contribution < -0.4 is 4.74 Å². The minimum atomic E-state index is -0.407. The summed E-state index contributed by atoms with van der Waals surface area (Å²) in [5.74, 6) is 0.314. The molecule has 0 unspecified atom stereocenters. The first-order valence-corrected chi connectivity index (χ1v) is 6.90. The number of hydrogen-bond acceptors (Lipinski definition) is 3. The van der Waals surface area contributed by atoms with Crippen LogP contribution in [0.25, 0.3) is 11.1 Å². The highest BCUT2D eigenvalue weighted by Crippen LogP contribution is 2.28. The second-order valence-electron chi connectivity index (χ2n) is 4.80. The van der Waals surface area contributed by atoms with E-state index in [0.29, 0.717) is 11.3 Å². The average molecular weight is 290 g/mol. The summed E-state index contributed by atoms with van der Waals surface area (Å²) in [5.41, 5.74) is 2.03. The van der Waals surface area contributed by atoms with E-state index in [9.17, 15) is 9.90 Å². The summed E-state index contributed by atoms with van der Waals surface area (Å²) in [6.45, 7) is 0. The number of para-hydroxylation sites is 2. The Labute approximate surface area is 128 Å². The summed E-state index contributed by atoms with van der Waals surface area (Å²) < 4.78 is 5.28. The van der Waals surface area contributed by atoms with Gasteiger partial charge in [0.25, 0.3) is 0 Å². The van der Waals surface area contributed by atoms with E-state index in [1.165, 1.54) is 0 Å². The summed E-state index contributed by atoms with van der Waals surface area (Å²) in [5, 5.41) is 9.85. The number of phenolic OH excluding ortho intramolecular Hbond substituents is 1. The lowest BCUT2D eigenvalue weighted by atomic mass is 10.0.